The molecular weight excluding hydrogens is 328 g/mol. The molecule has 0 aliphatic carbocycles. The number of likely N-dealkylation sites (N-methyl/N-ethyl adjacent to an activating group) is 1. The van der Waals surface area contributed by atoms with Crippen molar-refractivity contribution >= 4 is 22.6 Å². The van der Waals surface area contributed by atoms with Crippen LogP contribution in [0.3, 0.4) is 0 Å². The second kappa shape index (κ2) is 7.91. The highest BCUT2D eigenvalue weighted by atomic mass is 16.5. The fourth-order valence-electron chi connectivity index (χ4n) is 2.74. The van der Waals surface area contributed by atoms with Crippen LogP contribution in [-0.4, -0.2) is 46.7 Å². The lowest BCUT2D eigenvalue weighted by atomic mass is 10.2. The van der Waals surface area contributed by atoms with Gasteiger partial charge in [0.25, 0.3) is 0 Å². The maximum Gasteiger partial charge on any atom is 0.328 e. The third kappa shape index (κ3) is 3.96. The smallest absolute Gasteiger partial charge is 0.328 e. The number of ether oxygens (including phenoxy) is 1. The fraction of sp³-hybridized carbons (Fsp3) is 0.300. The number of para-hydroxylation sites is 1. The summed E-state index contributed by atoms with van der Waals surface area (Å²) in [5, 5.41) is 4.35. The number of fused-ring (bicyclic) bond motifs is 1. The number of carbonyl (C=O) groups is 1. The molecule has 3 rings (SSSR count). The summed E-state index contributed by atoms with van der Waals surface area (Å²) in [6, 6.07) is 13.8. The number of carbonyl (C=O) groups excluding carboxylic acids is 1. The lowest BCUT2D eigenvalue weighted by Gasteiger charge is -2.19. The molecule has 0 spiro atoms. The SMILES string of the molecule is CC(C)Nc1cccnc1OCCN(C)C(=O)n1ccc2ccccc21. The van der Waals surface area contributed by atoms with Crippen LogP contribution in [0.4, 0.5) is 10.5 Å². The van der Waals surface area contributed by atoms with Crippen LogP contribution >= 0.6 is 0 Å². The fourth-order valence-corrected chi connectivity index (χ4v) is 2.74. The average molecular weight is 352 g/mol. The Hall–Kier alpha value is -3.02. The van der Waals surface area contributed by atoms with Crippen LogP contribution in [0.2, 0.25) is 0 Å². The van der Waals surface area contributed by atoms with E-state index in [9.17, 15) is 4.79 Å². The first-order valence-corrected chi connectivity index (χ1v) is 8.72. The van der Waals surface area contributed by atoms with Gasteiger partial charge < -0.3 is 15.0 Å². The third-order valence-electron chi connectivity index (χ3n) is 4.01. The van der Waals surface area contributed by atoms with Crippen molar-refractivity contribution in [2.24, 2.45) is 0 Å². The summed E-state index contributed by atoms with van der Waals surface area (Å²) >= 11 is 0. The molecule has 136 valence electrons. The molecule has 6 heteroatoms. The normalized spacial score (nSPS) is 10.9. The van der Waals surface area contributed by atoms with Gasteiger partial charge in [-0.05, 0) is 38.1 Å². The monoisotopic (exact) mass is 352 g/mol. The van der Waals surface area contributed by atoms with E-state index in [1.54, 1.807) is 28.9 Å². The number of pyridine rings is 1. The molecule has 0 aliphatic rings. The first kappa shape index (κ1) is 17.8. The van der Waals surface area contributed by atoms with Crippen LogP contribution < -0.4 is 10.1 Å². The van der Waals surface area contributed by atoms with Crippen molar-refractivity contribution in [1.29, 1.82) is 0 Å². The van der Waals surface area contributed by atoms with E-state index in [0.717, 1.165) is 16.6 Å². The molecule has 0 fully saturated rings. The number of rotatable bonds is 6. The van der Waals surface area contributed by atoms with Crippen LogP contribution in [0.15, 0.2) is 54.9 Å². The molecule has 2 aromatic heterocycles. The molecule has 0 saturated heterocycles. The summed E-state index contributed by atoms with van der Waals surface area (Å²) in [6.45, 7) is 4.95. The highest BCUT2D eigenvalue weighted by Gasteiger charge is 2.14. The Morgan fingerprint density at radius 1 is 1.23 bits per heavy atom. The van der Waals surface area contributed by atoms with Gasteiger partial charge in [0.15, 0.2) is 0 Å². The number of nitrogens with zero attached hydrogens (tertiary/aromatic N) is 3. The van der Waals surface area contributed by atoms with E-state index in [2.05, 4.69) is 24.1 Å². The molecule has 2 heterocycles. The van der Waals surface area contributed by atoms with E-state index in [-0.39, 0.29) is 12.1 Å². The van der Waals surface area contributed by atoms with Crippen molar-refractivity contribution in [3.8, 4) is 5.88 Å². The van der Waals surface area contributed by atoms with Crippen molar-refractivity contribution < 1.29 is 9.53 Å². The minimum absolute atomic E-state index is 0.0867. The minimum Gasteiger partial charge on any atom is -0.474 e. The lowest BCUT2D eigenvalue weighted by Crippen LogP contribution is -2.34. The van der Waals surface area contributed by atoms with Gasteiger partial charge in [-0.25, -0.2) is 9.78 Å². The topological polar surface area (TPSA) is 59.4 Å². The van der Waals surface area contributed by atoms with E-state index in [1.807, 2.05) is 42.5 Å². The van der Waals surface area contributed by atoms with E-state index < -0.39 is 0 Å². The van der Waals surface area contributed by atoms with Gasteiger partial charge in [-0.15, -0.1) is 0 Å². The Balaban J connectivity index is 1.61. The maximum atomic E-state index is 12.7. The van der Waals surface area contributed by atoms with Crippen LogP contribution in [-0.2, 0) is 0 Å². The minimum atomic E-state index is -0.0867. The Bertz CT molecular complexity index is 888. The Morgan fingerprint density at radius 3 is 2.85 bits per heavy atom. The quantitative estimate of drug-likeness (QED) is 0.732. The predicted molar refractivity (Wildman–Crippen MR) is 104 cm³/mol. The van der Waals surface area contributed by atoms with Crippen molar-refractivity contribution in [3.05, 3.63) is 54.9 Å². The zero-order chi connectivity index (χ0) is 18.5. The van der Waals surface area contributed by atoms with Gasteiger partial charge in [0.05, 0.1) is 17.7 Å². The molecule has 26 heavy (non-hydrogen) atoms. The number of amides is 1. The molecule has 0 aliphatic heterocycles. The number of benzene rings is 1. The number of hydrogen-bond acceptors (Lipinski definition) is 4. The van der Waals surface area contributed by atoms with Gasteiger partial charge in [-0.3, -0.25) is 4.57 Å². The molecule has 0 bridgehead atoms. The van der Waals surface area contributed by atoms with Gasteiger partial charge in [-0.2, -0.15) is 0 Å². The van der Waals surface area contributed by atoms with E-state index >= 15 is 0 Å². The summed E-state index contributed by atoms with van der Waals surface area (Å²) in [7, 11) is 1.77. The van der Waals surface area contributed by atoms with Gasteiger partial charge in [0.2, 0.25) is 5.88 Å². The van der Waals surface area contributed by atoms with Crippen LogP contribution in [0.25, 0.3) is 10.9 Å². The number of nitrogens with one attached hydrogen (secondary N) is 1. The van der Waals surface area contributed by atoms with E-state index in [0.29, 0.717) is 19.0 Å². The molecule has 3 aromatic rings. The zero-order valence-corrected chi connectivity index (χ0v) is 15.3. The third-order valence-corrected chi connectivity index (χ3v) is 4.01. The molecule has 1 amide bonds. The molecule has 0 saturated carbocycles. The first-order valence-electron chi connectivity index (χ1n) is 8.72. The van der Waals surface area contributed by atoms with Crippen molar-refractivity contribution in [3.63, 3.8) is 0 Å². The zero-order valence-electron chi connectivity index (χ0n) is 15.3. The second-order valence-electron chi connectivity index (χ2n) is 6.45. The molecular formula is C20H24N4O2. The standard InChI is InChI=1S/C20H24N4O2/c1-15(2)22-17-8-6-11-21-19(17)26-14-13-23(3)20(25)24-12-10-16-7-4-5-9-18(16)24/h4-12,15,22H,13-14H2,1-3H3. The van der Waals surface area contributed by atoms with Crippen LogP contribution in [0.1, 0.15) is 13.8 Å². The number of hydrogen-bond donors (Lipinski definition) is 1. The Morgan fingerprint density at radius 2 is 2.04 bits per heavy atom. The van der Waals surface area contributed by atoms with Crippen LogP contribution in [0.5, 0.6) is 5.88 Å². The largest absolute Gasteiger partial charge is 0.474 e. The highest BCUT2D eigenvalue weighted by molar-refractivity contribution is 5.91. The predicted octanol–water partition coefficient (Wildman–Crippen LogP) is 3.84. The molecule has 0 radical (unpaired) electrons. The molecule has 1 N–H and O–H groups in total. The Kier molecular flexibility index (Phi) is 5.41. The van der Waals surface area contributed by atoms with Crippen molar-refractivity contribution in [1.82, 2.24) is 14.5 Å². The summed E-state index contributed by atoms with van der Waals surface area (Å²) in [4.78, 5) is 18.6. The highest BCUT2D eigenvalue weighted by Crippen LogP contribution is 2.21. The Labute approximate surface area is 153 Å². The number of aromatic nitrogens is 2. The van der Waals surface area contributed by atoms with E-state index in [1.165, 1.54) is 0 Å². The van der Waals surface area contributed by atoms with Crippen LogP contribution in [0, 0.1) is 0 Å². The summed E-state index contributed by atoms with van der Waals surface area (Å²) in [5.74, 6) is 0.550. The van der Waals surface area contributed by atoms with Crippen molar-refractivity contribution in [2.45, 2.75) is 19.9 Å². The summed E-state index contributed by atoms with van der Waals surface area (Å²) < 4.78 is 7.44. The molecule has 0 unspecified atom stereocenters. The summed E-state index contributed by atoms with van der Waals surface area (Å²) in [6.07, 6.45) is 3.50. The average Bonchev–Trinajstić information content (AvgIpc) is 3.06. The lowest BCUT2D eigenvalue weighted by molar-refractivity contribution is 0.196. The second-order valence-corrected chi connectivity index (χ2v) is 6.45. The van der Waals surface area contributed by atoms with E-state index in [4.69, 9.17) is 4.74 Å². The summed E-state index contributed by atoms with van der Waals surface area (Å²) in [5.41, 5.74) is 1.76. The maximum absolute atomic E-state index is 12.7. The van der Waals surface area contributed by atoms with Crippen molar-refractivity contribution in [2.75, 3.05) is 25.5 Å². The van der Waals surface area contributed by atoms with Gasteiger partial charge in [0.1, 0.15) is 6.61 Å². The molecule has 1 aromatic carbocycles. The molecule has 0 atom stereocenters. The van der Waals surface area contributed by atoms with Gasteiger partial charge in [-0.1, -0.05) is 18.2 Å². The molecule has 6 nitrogen and oxygen atoms in total. The number of anilines is 1. The first-order chi connectivity index (χ1) is 12.6. The van der Waals surface area contributed by atoms with Gasteiger partial charge >= 0.3 is 6.03 Å². The van der Waals surface area contributed by atoms with Gasteiger partial charge in [0, 0.05) is 30.9 Å².